The highest BCUT2D eigenvalue weighted by molar-refractivity contribution is 5.81. The van der Waals surface area contributed by atoms with Crippen LogP contribution in [0, 0.1) is 0 Å². The van der Waals surface area contributed by atoms with E-state index in [1.165, 1.54) is 7.05 Å². The van der Waals surface area contributed by atoms with E-state index in [1.54, 1.807) is 0 Å². The molecule has 1 atom stereocenters. The molecular formula is C6H10F2N2O. The van der Waals surface area contributed by atoms with Gasteiger partial charge in [-0.15, -0.1) is 0 Å². The summed E-state index contributed by atoms with van der Waals surface area (Å²) >= 11 is 0. The lowest BCUT2D eigenvalue weighted by Gasteiger charge is -2.07. The lowest BCUT2D eigenvalue weighted by atomic mass is 10.2. The van der Waals surface area contributed by atoms with Crippen LogP contribution in [0.2, 0.25) is 0 Å². The van der Waals surface area contributed by atoms with Gasteiger partial charge in [0.1, 0.15) is 0 Å². The van der Waals surface area contributed by atoms with Gasteiger partial charge in [0.15, 0.2) is 0 Å². The number of amides is 1. The fraction of sp³-hybridized carbons (Fsp3) is 0.833. The van der Waals surface area contributed by atoms with Gasteiger partial charge < -0.3 is 5.32 Å². The molecule has 5 heteroatoms. The molecule has 0 radical (unpaired) electrons. The van der Waals surface area contributed by atoms with Gasteiger partial charge in [-0.2, -0.15) is 0 Å². The molecular weight excluding hydrogens is 154 g/mol. The minimum atomic E-state index is -2.73. The van der Waals surface area contributed by atoms with Crippen LogP contribution < -0.4 is 10.6 Å². The third-order valence-electron chi connectivity index (χ3n) is 1.67. The summed E-state index contributed by atoms with van der Waals surface area (Å²) in [5.74, 6) is -3.10. The number of alkyl halides is 2. The summed E-state index contributed by atoms with van der Waals surface area (Å²) in [5.41, 5.74) is 0. The van der Waals surface area contributed by atoms with E-state index in [4.69, 9.17) is 0 Å². The normalized spacial score (nSPS) is 28.5. The first kappa shape index (κ1) is 8.39. The van der Waals surface area contributed by atoms with Gasteiger partial charge in [0.2, 0.25) is 5.91 Å². The second kappa shape index (κ2) is 2.73. The Labute approximate surface area is 63.2 Å². The van der Waals surface area contributed by atoms with Crippen molar-refractivity contribution in [1.29, 1.82) is 0 Å². The molecule has 64 valence electrons. The Kier molecular flexibility index (Phi) is 2.08. The number of rotatable bonds is 1. The van der Waals surface area contributed by atoms with Gasteiger partial charge in [0.05, 0.1) is 12.6 Å². The molecule has 1 aliphatic rings. The minimum Gasteiger partial charge on any atom is -0.358 e. The van der Waals surface area contributed by atoms with Crippen molar-refractivity contribution in [3.8, 4) is 0 Å². The number of carbonyl (C=O) groups is 1. The molecule has 1 rings (SSSR count). The molecule has 11 heavy (non-hydrogen) atoms. The quantitative estimate of drug-likeness (QED) is 0.560. The molecule has 1 heterocycles. The van der Waals surface area contributed by atoms with Crippen molar-refractivity contribution in [1.82, 2.24) is 10.6 Å². The van der Waals surface area contributed by atoms with E-state index >= 15 is 0 Å². The van der Waals surface area contributed by atoms with Crippen molar-refractivity contribution in [2.24, 2.45) is 0 Å². The number of halogens is 2. The summed E-state index contributed by atoms with van der Waals surface area (Å²) in [6.45, 7) is -0.398. The Morgan fingerprint density at radius 3 is 2.73 bits per heavy atom. The third-order valence-corrected chi connectivity index (χ3v) is 1.67. The lowest BCUT2D eigenvalue weighted by Crippen LogP contribution is -2.38. The van der Waals surface area contributed by atoms with Crippen LogP contribution in [-0.2, 0) is 4.79 Å². The monoisotopic (exact) mass is 164 g/mol. The molecule has 0 aromatic rings. The maximum atomic E-state index is 12.4. The van der Waals surface area contributed by atoms with E-state index in [2.05, 4.69) is 10.6 Å². The third kappa shape index (κ3) is 1.86. The highest BCUT2D eigenvalue weighted by Gasteiger charge is 2.41. The molecule has 0 spiro atoms. The van der Waals surface area contributed by atoms with Gasteiger partial charge in [-0.1, -0.05) is 0 Å². The molecule has 1 saturated heterocycles. The zero-order valence-corrected chi connectivity index (χ0v) is 6.16. The highest BCUT2D eigenvalue weighted by Crippen LogP contribution is 2.24. The Morgan fingerprint density at radius 2 is 2.36 bits per heavy atom. The van der Waals surface area contributed by atoms with Crippen molar-refractivity contribution in [3.05, 3.63) is 0 Å². The number of likely N-dealkylation sites (N-methyl/N-ethyl adjacent to an activating group) is 1. The zero-order valence-electron chi connectivity index (χ0n) is 6.16. The van der Waals surface area contributed by atoms with E-state index < -0.39 is 24.9 Å². The summed E-state index contributed by atoms with van der Waals surface area (Å²) in [7, 11) is 1.43. The largest absolute Gasteiger partial charge is 0.358 e. The zero-order chi connectivity index (χ0) is 8.48. The molecule has 3 nitrogen and oxygen atoms in total. The maximum Gasteiger partial charge on any atom is 0.262 e. The van der Waals surface area contributed by atoms with Gasteiger partial charge >= 0.3 is 0 Å². The maximum absolute atomic E-state index is 12.4. The molecule has 0 saturated carbocycles. The number of hydrogen-bond donors (Lipinski definition) is 2. The molecule has 0 bridgehead atoms. The number of carbonyl (C=O) groups excluding carboxylic acids is 1. The van der Waals surface area contributed by atoms with Crippen LogP contribution in [0.3, 0.4) is 0 Å². The average Bonchev–Trinajstić information content (AvgIpc) is 2.29. The molecule has 2 N–H and O–H groups in total. The summed E-state index contributed by atoms with van der Waals surface area (Å²) < 4.78 is 24.9. The van der Waals surface area contributed by atoms with E-state index in [1.807, 2.05) is 0 Å². The van der Waals surface area contributed by atoms with Gasteiger partial charge in [-0.05, 0) is 0 Å². The van der Waals surface area contributed by atoms with Crippen molar-refractivity contribution in [3.63, 3.8) is 0 Å². The first-order valence-corrected chi connectivity index (χ1v) is 3.38. The van der Waals surface area contributed by atoms with Crippen LogP contribution in [0.5, 0.6) is 0 Å². The Morgan fingerprint density at radius 1 is 1.73 bits per heavy atom. The summed E-state index contributed by atoms with van der Waals surface area (Å²) in [6, 6.07) is -0.727. The van der Waals surface area contributed by atoms with Crippen LogP contribution in [0.4, 0.5) is 8.78 Å². The van der Waals surface area contributed by atoms with Crippen LogP contribution in [-0.4, -0.2) is 31.5 Å². The SMILES string of the molecule is CNC(=O)[C@H]1CC(F)(F)CN1. The van der Waals surface area contributed by atoms with Crippen molar-refractivity contribution in [2.75, 3.05) is 13.6 Å². The van der Waals surface area contributed by atoms with E-state index in [-0.39, 0.29) is 5.91 Å². The molecule has 0 aromatic carbocycles. The Balaban J connectivity index is 2.48. The average molecular weight is 164 g/mol. The first-order chi connectivity index (χ1) is 5.05. The predicted octanol–water partition coefficient (Wildman–Crippen LogP) is -0.270. The molecule has 1 amide bonds. The van der Waals surface area contributed by atoms with Crippen molar-refractivity contribution in [2.45, 2.75) is 18.4 Å². The van der Waals surface area contributed by atoms with Gasteiger partial charge in [0, 0.05) is 13.5 Å². The first-order valence-electron chi connectivity index (χ1n) is 3.38. The molecule has 1 aliphatic heterocycles. The summed E-state index contributed by atoms with van der Waals surface area (Å²) in [4.78, 5) is 10.8. The molecule has 1 fully saturated rings. The second-order valence-electron chi connectivity index (χ2n) is 2.61. The second-order valence-corrected chi connectivity index (χ2v) is 2.61. The fourth-order valence-corrected chi connectivity index (χ4v) is 1.08. The summed E-state index contributed by atoms with van der Waals surface area (Å²) in [5, 5.41) is 4.75. The van der Waals surface area contributed by atoms with E-state index in [0.29, 0.717) is 0 Å². The van der Waals surface area contributed by atoms with Crippen LogP contribution in [0.1, 0.15) is 6.42 Å². The Hall–Kier alpha value is -0.710. The molecule has 0 aromatic heterocycles. The minimum absolute atomic E-state index is 0.373. The number of hydrogen-bond acceptors (Lipinski definition) is 2. The smallest absolute Gasteiger partial charge is 0.262 e. The fourth-order valence-electron chi connectivity index (χ4n) is 1.08. The van der Waals surface area contributed by atoms with E-state index in [9.17, 15) is 13.6 Å². The summed E-state index contributed by atoms with van der Waals surface area (Å²) in [6.07, 6.45) is -0.396. The van der Waals surface area contributed by atoms with Crippen LogP contribution in [0.15, 0.2) is 0 Å². The van der Waals surface area contributed by atoms with Crippen molar-refractivity contribution < 1.29 is 13.6 Å². The van der Waals surface area contributed by atoms with Crippen LogP contribution in [0.25, 0.3) is 0 Å². The number of nitrogens with one attached hydrogen (secondary N) is 2. The predicted molar refractivity (Wildman–Crippen MR) is 35.4 cm³/mol. The standard InChI is InChI=1S/C6H10F2N2O/c1-9-5(11)4-2-6(7,8)3-10-4/h4,10H,2-3H2,1H3,(H,9,11)/t4-/m1/s1. The van der Waals surface area contributed by atoms with Crippen LogP contribution >= 0.6 is 0 Å². The van der Waals surface area contributed by atoms with Crippen molar-refractivity contribution >= 4 is 5.91 Å². The van der Waals surface area contributed by atoms with E-state index in [0.717, 1.165) is 0 Å². The van der Waals surface area contributed by atoms with Gasteiger partial charge in [-0.25, -0.2) is 8.78 Å². The topological polar surface area (TPSA) is 41.1 Å². The van der Waals surface area contributed by atoms with Gasteiger partial charge in [0.25, 0.3) is 5.92 Å². The van der Waals surface area contributed by atoms with Gasteiger partial charge in [-0.3, -0.25) is 10.1 Å². The lowest BCUT2D eigenvalue weighted by molar-refractivity contribution is -0.122. The molecule has 0 aliphatic carbocycles. The Bertz CT molecular complexity index is 172. The molecule has 0 unspecified atom stereocenters. The highest BCUT2D eigenvalue weighted by atomic mass is 19.3.